The Morgan fingerprint density at radius 1 is 1.32 bits per heavy atom. The van der Waals surface area contributed by atoms with Gasteiger partial charge < -0.3 is 0 Å². The molecule has 0 saturated carbocycles. The van der Waals surface area contributed by atoms with Crippen LogP contribution in [0.5, 0.6) is 0 Å². The van der Waals surface area contributed by atoms with Gasteiger partial charge in [-0.2, -0.15) is 17.0 Å². The van der Waals surface area contributed by atoms with Crippen molar-refractivity contribution in [1.82, 2.24) is 13.6 Å². The predicted molar refractivity (Wildman–Crippen MR) is 88.8 cm³/mol. The van der Waals surface area contributed by atoms with Crippen LogP contribution in [0, 0.1) is 12.8 Å². The first-order chi connectivity index (χ1) is 10.5. The Balaban J connectivity index is 2.05. The lowest BCUT2D eigenvalue weighted by molar-refractivity contribution is 0.247. The molecule has 0 aliphatic carbocycles. The van der Waals surface area contributed by atoms with E-state index in [0.29, 0.717) is 32.1 Å². The summed E-state index contributed by atoms with van der Waals surface area (Å²) >= 11 is 0. The van der Waals surface area contributed by atoms with Crippen molar-refractivity contribution >= 4 is 10.2 Å². The van der Waals surface area contributed by atoms with Crippen LogP contribution in [0.1, 0.15) is 38.1 Å². The van der Waals surface area contributed by atoms with E-state index >= 15 is 0 Å². The molecule has 1 aliphatic rings. The second kappa shape index (κ2) is 7.53. The molecule has 0 unspecified atom stereocenters. The molecule has 1 atom stereocenters. The molecule has 124 valence electrons. The van der Waals surface area contributed by atoms with Gasteiger partial charge in [0.1, 0.15) is 0 Å². The summed E-state index contributed by atoms with van der Waals surface area (Å²) in [6.07, 6.45) is 2.85. The van der Waals surface area contributed by atoms with E-state index in [0.717, 1.165) is 30.7 Å². The first-order valence-electron chi connectivity index (χ1n) is 8.15. The summed E-state index contributed by atoms with van der Waals surface area (Å²) in [5, 5.41) is 0. The largest absolute Gasteiger partial charge is 0.281 e. The van der Waals surface area contributed by atoms with Crippen LogP contribution in [0.3, 0.4) is 0 Å². The zero-order valence-corrected chi connectivity index (χ0v) is 14.6. The summed E-state index contributed by atoms with van der Waals surface area (Å²) in [6, 6.07) is 6.04. The number of nitrogens with zero attached hydrogens (tertiary/aromatic N) is 3. The highest BCUT2D eigenvalue weighted by Gasteiger charge is 2.32. The van der Waals surface area contributed by atoms with E-state index in [2.05, 4.69) is 4.98 Å². The first kappa shape index (κ1) is 17.4. The fourth-order valence-electron chi connectivity index (χ4n) is 3.13. The van der Waals surface area contributed by atoms with Gasteiger partial charge >= 0.3 is 0 Å². The summed E-state index contributed by atoms with van der Waals surface area (Å²) in [5.74, 6) is 0.355. The third kappa shape index (κ3) is 4.06. The SMILES string of the molecule is CCN(CC)S(=O)(=O)N1CCC[C@H](Cc2cccc(C)n2)C1. The van der Waals surface area contributed by atoms with E-state index in [-0.39, 0.29) is 0 Å². The molecule has 0 N–H and O–H groups in total. The zero-order chi connectivity index (χ0) is 16.2. The third-order valence-corrected chi connectivity index (χ3v) is 6.44. The number of hydrogen-bond acceptors (Lipinski definition) is 3. The lowest BCUT2D eigenvalue weighted by Gasteiger charge is -2.35. The highest BCUT2D eigenvalue weighted by atomic mass is 32.2. The zero-order valence-electron chi connectivity index (χ0n) is 13.8. The molecular formula is C16H27N3O2S. The minimum atomic E-state index is -3.31. The van der Waals surface area contributed by atoms with Crippen molar-refractivity contribution in [1.29, 1.82) is 0 Å². The topological polar surface area (TPSA) is 53.5 Å². The maximum Gasteiger partial charge on any atom is 0.281 e. The Hall–Kier alpha value is -0.980. The Kier molecular flexibility index (Phi) is 5.94. The van der Waals surface area contributed by atoms with Gasteiger partial charge in [0.05, 0.1) is 0 Å². The molecule has 1 aliphatic heterocycles. The van der Waals surface area contributed by atoms with Crippen LogP contribution in [-0.4, -0.2) is 48.2 Å². The molecule has 22 heavy (non-hydrogen) atoms. The number of pyridine rings is 1. The predicted octanol–water partition coefficient (Wildman–Crippen LogP) is 2.23. The fraction of sp³-hybridized carbons (Fsp3) is 0.688. The Labute approximate surface area is 134 Å². The quantitative estimate of drug-likeness (QED) is 0.806. The van der Waals surface area contributed by atoms with Crippen LogP contribution in [0.4, 0.5) is 0 Å². The molecule has 1 aromatic rings. The Morgan fingerprint density at radius 3 is 2.68 bits per heavy atom. The first-order valence-corrected chi connectivity index (χ1v) is 9.54. The van der Waals surface area contributed by atoms with Crippen molar-refractivity contribution in [2.45, 2.75) is 40.0 Å². The maximum atomic E-state index is 12.6. The van der Waals surface area contributed by atoms with Crippen molar-refractivity contribution in [3.8, 4) is 0 Å². The standard InChI is InChI=1S/C16H27N3O2S/c1-4-18(5-2)22(20,21)19-11-7-9-15(13-19)12-16-10-6-8-14(3)17-16/h6,8,10,15H,4-5,7,9,11-13H2,1-3H3/t15-/m1/s1. The minimum Gasteiger partial charge on any atom is -0.258 e. The molecule has 5 nitrogen and oxygen atoms in total. The van der Waals surface area contributed by atoms with Crippen LogP contribution in [0.25, 0.3) is 0 Å². The highest BCUT2D eigenvalue weighted by molar-refractivity contribution is 7.86. The molecule has 0 amide bonds. The molecule has 2 rings (SSSR count). The van der Waals surface area contributed by atoms with Crippen LogP contribution in [-0.2, 0) is 16.6 Å². The summed E-state index contributed by atoms with van der Waals surface area (Å²) in [4.78, 5) is 4.54. The third-order valence-electron chi connectivity index (χ3n) is 4.28. The highest BCUT2D eigenvalue weighted by Crippen LogP contribution is 2.23. The van der Waals surface area contributed by atoms with E-state index in [1.807, 2.05) is 39.0 Å². The molecule has 1 fully saturated rings. The smallest absolute Gasteiger partial charge is 0.258 e. The Morgan fingerprint density at radius 2 is 2.05 bits per heavy atom. The number of rotatable bonds is 6. The summed E-state index contributed by atoms with van der Waals surface area (Å²) in [7, 11) is -3.31. The van der Waals surface area contributed by atoms with Crippen molar-refractivity contribution in [3.63, 3.8) is 0 Å². The van der Waals surface area contributed by atoms with Gasteiger partial charge in [0.25, 0.3) is 10.2 Å². The average molecular weight is 325 g/mol. The van der Waals surface area contributed by atoms with E-state index in [1.54, 1.807) is 8.61 Å². The van der Waals surface area contributed by atoms with Crippen molar-refractivity contribution in [3.05, 3.63) is 29.6 Å². The van der Waals surface area contributed by atoms with Crippen LogP contribution in [0.2, 0.25) is 0 Å². The van der Waals surface area contributed by atoms with Gasteiger partial charge in [-0.05, 0) is 44.2 Å². The van der Waals surface area contributed by atoms with Gasteiger partial charge in [0.15, 0.2) is 0 Å². The molecule has 1 saturated heterocycles. The molecule has 0 spiro atoms. The van der Waals surface area contributed by atoms with Gasteiger partial charge in [-0.15, -0.1) is 0 Å². The molecule has 1 aromatic heterocycles. The normalized spacial score (nSPS) is 20.5. The average Bonchev–Trinajstić information content (AvgIpc) is 2.48. The number of piperidine rings is 1. The van der Waals surface area contributed by atoms with Crippen LogP contribution >= 0.6 is 0 Å². The van der Waals surface area contributed by atoms with E-state index in [1.165, 1.54) is 0 Å². The number of hydrogen-bond donors (Lipinski definition) is 0. The molecule has 0 bridgehead atoms. The molecule has 6 heteroatoms. The lowest BCUT2D eigenvalue weighted by atomic mass is 9.94. The fourth-order valence-corrected chi connectivity index (χ4v) is 4.86. The maximum absolute atomic E-state index is 12.6. The second-order valence-corrected chi connectivity index (χ2v) is 7.86. The summed E-state index contributed by atoms with van der Waals surface area (Å²) < 4.78 is 28.5. The van der Waals surface area contributed by atoms with E-state index in [4.69, 9.17) is 0 Å². The number of aromatic nitrogens is 1. The van der Waals surface area contributed by atoms with Crippen molar-refractivity contribution in [2.75, 3.05) is 26.2 Å². The Bertz CT molecular complexity index is 585. The summed E-state index contributed by atoms with van der Waals surface area (Å²) in [5.41, 5.74) is 2.08. The van der Waals surface area contributed by atoms with Crippen LogP contribution in [0.15, 0.2) is 18.2 Å². The van der Waals surface area contributed by atoms with Gasteiger partial charge in [-0.1, -0.05) is 19.9 Å². The van der Waals surface area contributed by atoms with E-state index in [9.17, 15) is 8.42 Å². The van der Waals surface area contributed by atoms with Crippen molar-refractivity contribution < 1.29 is 8.42 Å². The molecular weight excluding hydrogens is 298 g/mol. The molecule has 0 aromatic carbocycles. The van der Waals surface area contributed by atoms with E-state index < -0.39 is 10.2 Å². The van der Waals surface area contributed by atoms with Crippen molar-refractivity contribution in [2.24, 2.45) is 5.92 Å². The van der Waals surface area contributed by atoms with Crippen LogP contribution < -0.4 is 0 Å². The summed E-state index contributed by atoms with van der Waals surface area (Å²) in [6.45, 7) is 8.06. The van der Waals surface area contributed by atoms with Gasteiger partial charge in [0, 0.05) is 37.6 Å². The lowest BCUT2D eigenvalue weighted by Crippen LogP contribution is -2.48. The van der Waals surface area contributed by atoms with Gasteiger partial charge in [-0.25, -0.2) is 0 Å². The monoisotopic (exact) mass is 325 g/mol. The molecule has 2 heterocycles. The van der Waals surface area contributed by atoms with Gasteiger partial charge in [-0.3, -0.25) is 4.98 Å². The minimum absolute atomic E-state index is 0.355. The second-order valence-electron chi connectivity index (χ2n) is 5.93. The van der Waals surface area contributed by atoms with Gasteiger partial charge in [0.2, 0.25) is 0 Å². The molecule has 0 radical (unpaired) electrons. The number of aryl methyl sites for hydroxylation is 1.